The van der Waals surface area contributed by atoms with Gasteiger partial charge in [-0.2, -0.15) is 0 Å². The zero-order valence-corrected chi connectivity index (χ0v) is 12.2. The van der Waals surface area contributed by atoms with Gasteiger partial charge in [-0.1, -0.05) is 0 Å². The van der Waals surface area contributed by atoms with Crippen LogP contribution in [0, 0.1) is 0 Å². The summed E-state index contributed by atoms with van der Waals surface area (Å²) < 4.78 is 0. The van der Waals surface area contributed by atoms with Crippen molar-refractivity contribution < 1.29 is 0 Å². The van der Waals surface area contributed by atoms with Crippen LogP contribution in [-0.4, -0.2) is 67.1 Å². The summed E-state index contributed by atoms with van der Waals surface area (Å²) in [6.45, 7) is 9.27. The minimum Gasteiger partial charge on any atom is -0.313 e. The standard InChI is InChI=1S/C13H24N4S/c1-12(11-17-8-6-16(2)7-9-17)14-4-3-13-15-5-10-18-13/h5,10,12,14H,3-4,6-9,11H2,1-2H3. The highest BCUT2D eigenvalue weighted by Gasteiger charge is 2.15. The Hall–Kier alpha value is -0.490. The van der Waals surface area contributed by atoms with Crippen LogP contribution in [0.2, 0.25) is 0 Å². The first-order valence-electron chi connectivity index (χ1n) is 6.76. The lowest BCUT2D eigenvalue weighted by molar-refractivity contribution is 0.144. The second-order valence-corrected chi connectivity index (χ2v) is 6.11. The van der Waals surface area contributed by atoms with Gasteiger partial charge in [0, 0.05) is 63.3 Å². The van der Waals surface area contributed by atoms with E-state index in [1.165, 1.54) is 31.2 Å². The number of rotatable bonds is 6. The molecule has 4 nitrogen and oxygen atoms in total. The Balaban J connectivity index is 1.58. The Morgan fingerprint density at radius 1 is 1.39 bits per heavy atom. The van der Waals surface area contributed by atoms with E-state index in [2.05, 4.69) is 34.1 Å². The topological polar surface area (TPSA) is 31.4 Å². The molecule has 1 aliphatic rings. The average molecular weight is 268 g/mol. The summed E-state index contributed by atoms with van der Waals surface area (Å²) >= 11 is 1.74. The summed E-state index contributed by atoms with van der Waals surface area (Å²) in [6.07, 6.45) is 2.93. The molecule has 0 aliphatic carbocycles. The lowest BCUT2D eigenvalue weighted by atomic mass is 10.2. The molecular weight excluding hydrogens is 244 g/mol. The summed E-state index contributed by atoms with van der Waals surface area (Å²) in [6, 6.07) is 0.563. The molecule has 2 heterocycles. The second-order valence-electron chi connectivity index (χ2n) is 5.13. The first-order valence-corrected chi connectivity index (χ1v) is 7.64. The number of thiazole rings is 1. The highest BCUT2D eigenvalue weighted by Crippen LogP contribution is 2.04. The molecule has 0 spiro atoms. The van der Waals surface area contributed by atoms with Gasteiger partial charge in [-0.3, -0.25) is 4.90 Å². The highest BCUT2D eigenvalue weighted by atomic mass is 32.1. The molecule has 1 saturated heterocycles. The van der Waals surface area contributed by atoms with Gasteiger partial charge >= 0.3 is 0 Å². The molecule has 18 heavy (non-hydrogen) atoms. The van der Waals surface area contributed by atoms with Gasteiger partial charge in [0.05, 0.1) is 5.01 Å². The molecule has 0 bridgehead atoms. The van der Waals surface area contributed by atoms with Gasteiger partial charge in [-0.25, -0.2) is 4.98 Å². The normalized spacial score (nSPS) is 20.1. The van der Waals surface area contributed by atoms with Gasteiger partial charge in [0.25, 0.3) is 0 Å². The van der Waals surface area contributed by atoms with Crippen LogP contribution in [0.3, 0.4) is 0 Å². The minimum absolute atomic E-state index is 0.563. The third kappa shape index (κ3) is 4.65. The van der Waals surface area contributed by atoms with Gasteiger partial charge in [-0.15, -0.1) is 11.3 Å². The Kier molecular flexibility index (Phi) is 5.56. The van der Waals surface area contributed by atoms with Crippen molar-refractivity contribution >= 4 is 11.3 Å². The van der Waals surface area contributed by atoms with Crippen LogP contribution in [0.4, 0.5) is 0 Å². The maximum absolute atomic E-state index is 4.30. The van der Waals surface area contributed by atoms with Crippen LogP contribution in [0.15, 0.2) is 11.6 Å². The quantitative estimate of drug-likeness (QED) is 0.831. The molecule has 1 fully saturated rings. The third-order valence-corrected chi connectivity index (χ3v) is 4.28. The fourth-order valence-electron chi connectivity index (χ4n) is 2.28. The first-order chi connectivity index (χ1) is 8.74. The number of piperazine rings is 1. The molecule has 2 rings (SSSR count). The predicted octanol–water partition coefficient (Wildman–Crippen LogP) is 0.911. The fraction of sp³-hybridized carbons (Fsp3) is 0.769. The third-order valence-electron chi connectivity index (χ3n) is 3.44. The Morgan fingerprint density at radius 2 is 2.17 bits per heavy atom. The van der Waals surface area contributed by atoms with Crippen molar-refractivity contribution in [3.8, 4) is 0 Å². The molecule has 1 N–H and O–H groups in total. The molecule has 0 radical (unpaired) electrons. The minimum atomic E-state index is 0.563. The Bertz CT molecular complexity index is 320. The van der Waals surface area contributed by atoms with Gasteiger partial charge in [0.2, 0.25) is 0 Å². The van der Waals surface area contributed by atoms with Crippen LogP contribution < -0.4 is 5.32 Å². The lowest BCUT2D eigenvalue weighted by Gasteiger charge is -2.34. The van der Waals surface area contributed by atoms with E-state index in [4.69, 9.17) is 0 Å². The van der Waals surface area contributed by atoms with E-state index in [-0.39, 0.29) is 0 Å². The molecule has 0 amide bonds. The lowest BCUT2D eigenvalue weighted by Crippen LogP contribution is -2.49. The van der Waals surface area contributed by atoms with E-state index in [1.807, 2.05) is 11.6 Å². The number of likely N-dealkylation sites (N-methyl/N-ethyl adjacent to an activating group) is 1. The number of hydrogen-bond donors (Lipinski definition) is 1. The van der Waals surface area contributed by atoms with Crippen LogP contribution in [0.25, 0.3) is 0 Å². The molecule has 1 unspecified atom stereocenters. The van der Waals surface area contributed by atoms with E-state index in [9.17, 15) is 0 Å². The number of nitrogens with one attached hydrogen (secondary N) is 1. The van der Waals surface area contributed by atoms with Gasteiger partial charge in [0.15, 0.2) is 0 Å². The van der Waals surface area contributed by atoms with Crippen molar-refractivity contribution in [1.29, 1.82) is 0 Å². The SMILES string of the molecule is CC(CN1CCN(C)CC1)NCCc1nccs1. The van der Waals surface area contributed by atoms with Crippen molar-refractivity contribution in [2.75, 3.05) is 46.3 Å². The highest BCUT2D eigenvalue weighted by molar-refractivity contribution is 7.09. The summed E-state index contributed by atoms with van der Waals surface area (Å²) in [4.78, 5) is 9.26. The van der Waals surface area contributed by atoms with Crippen molar-refractivity contribution in [1.82, 2.24) is 20.1 Å². The molecule has 1 atom stereocenters. The number of hydrogen-bond acceptors (Lipinski definition) is 5. The number of nitrogens with zero attached hydrogens (tertiary/aromatic N) is 3. The smallest absolute Gasteiger partial charge is 0.0937 e. The first kappa shape index (κ1) is 13.9. The average Bonchev–Trinajstić information content (AvgIpc) is 2.85. The van der Waals surface area contributed by atoms with Crippen molar-refractivity contribution in [2.24, 2.45) is 0 Å². The predicted molar refractivity (Wildman–Crippen MR) is 77.2 cm³/mol. The number of aromatic nitrogens is 1. The molecule has 0 saturated carbocycles. The Labute approximate surface area is 114 Å². The zero-order valence-electron chi connectivity index (χ0n) is 11.4. The van der Waals surface area contributed by atoms with Crippen LogP contribution in [0.1, 0.15) is 11.9 Å². The zero-order chi connectivity index (χ0) is 12.8. The molecule has 102 valence electrons. The van der Waals surface area contributed by atoms with Gasteiger partial charge in [-0.05, 0) is 14.0 Å². The van der Waals surface area contributed by atoms with E-state index in [1.54, 1.807) is 11.3 Å². The van der Waals surface area contributed by atoms with Gasteiger partial charge in [0.1, 0.15) is 0 Å². The molecule has 1 aromatic heterocycles. The van der Waals surface area contributed by atoms with Crippen LogP contribution in [0.5, 0.6) is 0 Å². The van der Waals surface area contributed by atoms with E-state index >= 15 is 0 Å². The second kappa shape index (κ2) is 7.19. The van der Waals surface area contributed by atoms with Crippen molar-refractivity contribution in [3.63, 3.8) is 0 Å². The summed E-state index contributed by atoms with van der Waals surface area (Å²) in [5, 5.41) is 6.87. The molecule has 1 aromatic rings. The maximum Gasteiger partial charge on any atom is 0.0937 e. The molecule has 5 heteroatoms. The van der Waals surface area contributed by atoms with E-state index in [0.29, 0.717) is 6.04 Å². The van der Waals surface area contributed by atoms with Crippen LogP contribution in [-0.2, 0) is 6.42 Å². The van der Waals surface area contributed by atoms with Crippen molar-refractivity contribution in [2.45, 2.75) is 19.4 Å². The largest absolute Gasteiger partial charge is 0.313 e. The summed E-state index contributed by atoms with van der Waals surface area (Å²) in [5.74, 6) is 0. The molecular formula is C13H24N4S. The Morgan fingerprint density at radius 3 is 2.83 bits per heavy atom. The van der Waals surface area contributed by atoms with Gasteiger partial charge < -0.3 is 10.2 Å². The summed E-state index contributed by atoms with van der Waals surface area (Å²) in [7, 11) is 2.20. The summed E-state index contributed by atoms with van der Waals surface area (Å²) in [5.41, 5.74) is 0. The maximum atomic E-state index is 4.30. The monoisotopic (exact) mass is 268 g/mol. The van der Waals surface area contributed by atoms with Crippen molar-refractivity contribution in [3.05, 3.63) is 16.6 Å². The molecule has 1 aliphatic heterocycles. The van der Waals surface area contributed by atoms with E-state index in [0.717, 1.165) is 19.5 Å². The van der Waals surface area contributed by atoms with E-state index < -0.39 is 0 Å². The fourth-order valence-corrected chi connectivity index (χ4v) is 2.90. The van der Waals surface area contributed by atoms with Crippen LogP contribution >= 0.6 is 11.3 Å². The molecule has 0 aromatic carbocycles.